The first-order chi connectivity index (χ1) is 19.8. The van der Waals surface area contributed by atoms with Crippen LogP contribution in [-0.4, -0.2) is 9.55 Å². The van der Waals surface area contributed by atoms with Crippen LogP contribution in [0.25, 0.3) is 72.0 Å². The summed E-state index contributed by atoms with van der Waals surface area (Å²) in [7, 11) is 0. The molecule has 3 heterocycles. The van der Waals surface area contributed by atoms with E-state index in [-0.39, 0.29) is 0 Å². The molecule has 0 N–H and O–H groups in total. The number of furan rings is 2. The highest BCUT2D eigenvalue weighted by atomic mass is 16.3. The molecular weight excluding hydrogens is 492 g/mol. The highest BCUT2D eigenvalue weighted by Crippen LogP contribution is 2.41. The molecule has 0 fully saturated rings. The van der Waals surface area contributed by atoms with Crippen molar-refractivity contribution in [1.29, 1.82) is 0 Å². The lowest BCUT2D eigenvalue weighted by Crippen LogP contribution is -2.03. The van der Waals surface area contributed by atoms with E-state index in [9.17, 15) is 0 Å². The third-order valence-corrected chi connectivity index (χ3v) is 8.17. The second-order valence-corrected chi connectivity index (χ2v) is 10.9. The van der Waals surface area contributed by atoms with Crippen molar-refractivity contribution in [2.45, 2.75) is 33.6 Å². The van der Waals surface area contributed by atoms with Gasteiger partial charge in [-0.15, -0.1) is 0 Å². The fraction of sp³-hybridized carbons (Fsp3) is 0.139. The summed E-state index contributed by atoms with van der Waals surface area (Å²) >= 11 is 0. The van der Waals surface area contributed by atoms with Crippen LogP contribution in [-0.2, 0) is 0 Å². The summed E-state index contributed by atoms with van der Waals surface area (Å²) in [6.45, 7) is 8.09. The molecule has 8 rings (SSSR count). The van der Waals surface area contributed by atoms with Crippen LogP contribution in [0.3, 0.4) is 0 Å². The van der Waals surface area contributed by atoms with Gasteiger partial charge >= 0.3 is 0 Å². The normalized spacial score (nSPS) is 12.8. The fourth-order valence-electron chi connectivity index (χ4n) is 6.24. The van der Waals surface area contributed by atoms with Crippen LogP contribution in [0.15, 0.2) is 99.8 Å². The average Bonchev–Trinajstić information content (AvgIpc) is 3.64. The van der Waals surface area contributed by atoms with Gasteiger partial charge in [0.2, 0.25) is 0 Å². The van der Waals surface area contributed by atoms with E-state index in [4.69, 9.17) is 15.2 Å². The Morgan fingerprint density at radius 2 is 1.48 bits per heavy atom. The Balaban J connectivity index is 1.45. The number of nitrogens with zero attached hydrogens (tertiary/aromatic N) is 2. The lowest BCUT2D eigenvalue weighted by Gasteiger charge is -2.16. The van der Waals surface area contributed by atoms with Crippen LogP contribution in [0.2, 0.25) is 0 Å². The second kappa shape index (κ2) is 8.33. The van der Waals surface area contributed by atoms with Crippen molar-refractivity contribution in [2.24, 2.45) is 0 Å². The van der Waals surface area contributed by atoms with E-state index in [1.54, 1.807) is 0 Å². The number of hydrogen-bond acceptors (Lipinski definition) is 3. The first kappa shape index (κ1) is 22.0. The predicted molar refractivity (Wildman–Crippen MR) is 165 cm³/mol. The van der Waals surface area contributed by atoms with E-state index >= 15 is 0 Å². The van der Waals surface area contributed by atoms with Crippen LogP contribution in [0, 0.1) is 13.8 Å². The number of fused-ring (bicyclic) bond motifs is 7. The SMILES string of the molecule is [2H]C(C)(C)c1ccc2c(c1)oc1c(-c3nc4ccccc4n3-c3c(C)cc4c(oc5ccccc54)c3C)cccc12. The Morgan fingerprint density at radius 3 is 2.35 bits per heavy atom. The lowest BCUT2D eigenvalue weighted by atomic mass is 10.0. The highest BCUT2D eigenvalue weighted by Gasteiger charge is 2.23. The van der Waals surface area contributed by atoms with Gasteiger partial charge in [0.15, 0.2) is 0 Å². The van der Waals surface area contributed by atoms with E-state index in [1.807, 2.05) is 44.2 Å². The molecule has 0 aliphatic rings. The van der Waals surface area contributed by atoms with Crippen LogP contribution in [0.1, 0.15) is 37.8 Å². The number of aromatic nitrogens is 2. The maximum Gasteiger partial charge on any atom is 0.149 e. The van der Waals surface area contributed by atoms with Gasteiger partial charge in [-0.05, 0) is 67.3 Å². The molecule has 4 nitrogen and oxygen atoms in total. The molecule has 4 heteroatoms. The first-order valence-corrected chi connectivity index (χ1v) is 13.6. The van der Waals surface area contributed by atoms with Crippen molar-refractivity contribution in [2.75, 3.05) is 0 Å². The van der Waals surface area contributed by atoms with Crippen LogP contribution >= 0.6 is 0 Å². The molecular formula is C36H28N2O2. The molecule has 5 aromatic carbocycles. The molecule has 0 saturated carbocycles. The van der Waals surface area contributed by atoms with Gasteiger partial charge in [-0.1, -0.05) is 68.4 Å². The van der Waals surface area contributed by atoms with Gasteiger partial charge < -0.3 is 8.83 Å². The van der Waals surface area contributed by atoms with Crippen LogP contribution in [0.4, 0.5) is 0 Å². The number of para-hydroxylation sites is 4. The summed E-state index contributed by atoms with van der Waals surface area (Å²) in [4.78, 5) is 5.18. The maximum absolute atomic E-state index is 8.51. The Bertz CT molecular complexity index is 2330. The Hall–Kier alpha value is -4.83. The molecule has 0 radical (unpaired) electrons. The van der Waals surface area contributed by atoms with Crippen LogP contribution in [0.5, 0.6) is 0 Å². The zero-order chi connectivity index (χ0) is 28.0. The van der Waals surface area contributed by atoms with Gasteiger partial charge in [0.25, 0.3) is 0 Å². The van der Waals surface area contributed by atoms with Crippen molar-refractivity contribution in [1.82, 2.24) is 9.55 Å². The van der Waals surface area contributed by atoms with E-state index in [2.05, 4.69) is 79.1 Å². The molecule has 0 aliphatic heterocycles. The minimum Gasteiger partial charge on any atom is -0.456 e. The summed E-state index contributed by atoms with van der Waals surface area (Å²) in [6, 6.07) is 31.1. The second-order valence-electron chi connectivity index (χ2n) is 10.9. The third-order valence-electron chi connectivity index (χ3n) is 8.17. The lowest BCUT2D eigenvalue weighted by molar-refractivity contribution is 0.665. The Kier molecular flexibility index (Phi) is 4.59. The van der Waals surface area contributed by atoms with E-state index in [0.29, 0.717) is 0 Å². The smallest absolute Gasteiger partial charge is 0.149 e. The molecule has 194 valence electrons. The summed E-state index contributed by atoms with van der Waals surface area (Å²) in [5.41, 5.74) is 10.4. The number of aryl methyl sites for hydroxylation is 2. The maximum atomic E-state index is 8.51. The predicted octanol–water partition coefficient (Wildman–Crippen LogP) is 10.2. The average molecular weight is 522 g/mol. The topological polar surface area (TPSA) is 44.1 Å². The number of benzene rings is 5. The van der Waals surface area contributed by atoms with Crippen LogP contribution < -0.4 is 0 Å². The van der Waals surface area contributed by atoms with E-state index < -0.39 is 5.89 Å². The standard InChI is InChI=1S/C36H28N2O2/c1-20(2)23-16-17-25-26-11-9-12-27(35(26)40-32(25)19-23)36-37-29-13-6-7-14-30(29)38(36)33-21(3)18-28-24-10-5-8-15-31(24)39-34(28)22(33)4/h5-20H,1-4H3/i20D. The van der Waals surface area contributed by atoms with Crippen molar-refractivity contribution < 1.29 is 10.2 Å². The minimum absolute atomic E-state index is 0.714. The molecule has 3 aromatic heterocycles. The third kappa shape index (κ3) is 3.16. The van der Waals surface area contributed by atoms with Gasteiger partial charge in [-0.2, -0.15) is 0 Å². The van der Waals surface area contributed by atoms with Gasteiger partial charge in [0.05, 0.1) is 22.3 Å². The fourth-order valence-corrected chi connectivity index (χ4v) is 6.24. The molecule has 8 aromatic rings. The van der Waals surface area contributed by atoms with Crippen molar-refractivity contribution in [3.63, 3.8) is 0 Å². The summed E-state index contributed by atoms with van der Waals surface area (Å²) in [5.74, 6) is 0.104. The molecule has 0 saturated heterocycles. The number of imidazole rings is 1. The molecule has 0 atom stereocenters. The molecule has 0 bridgehead atoms. The van der Waals surface area contributed by atoms with E-state index in [1.165, 1.54) is 0 Å². The largest absolute Gasteiger partial charge is 0.456 e. The first-order valence-electron chi connectivity index (χ1n) is 14.1. The van der Waals surface area contributed by atoms with Gasteiger partial charge in [-0.25, -0.2) is 4.98 Å². The molecule has 0 unspecified atom stereocenters. The Morgan fingerprint density at radius 1 is 0.725 bits per heavy atom. The molecule has 0 aliphatic carbocycles. The number of rotatable bonds is 3. The van der Waals surface area contributed by atoms with Crippen molar-refractivity contribution in [3.8, 4) is 17.1 Å². The monoisotopic (exact) mass is 521 g/mol. The molecule has 0 spiro atoms. The summed E-state index contributed by atoms with van der Waals surface area (Å²) in [6.07, 6.45) is 0. The number of hydrogen-bond donors (Lipinski definition) is 0. The van der Waals surface area contributed by atoms with Gasteiger partial charge in [0.1, 0.15) is 28.2 Å². The van der Waals surface area contributed by atoms with E-state index in [0.717, 1.165) is 88.7 Å². The highest BCUT2D eigenvalue weighted by molar-refractivity contribution is 6.10. The summed E-state index contributed by atoms with van der Waals surface area (Å²) < 4.78 is 23.8. The Labute approximate surface area is 232 Å². The van der Waals surface area contributed by atoms with Gasteiger partial charge in [-0.3, -0.25) is 4.57 Å². The summed E-state index contributed by atoms with van der Waals surface area (Å²) in [5, 5.41) is 4.32. The van der Waals surface area contributed by atoms with Crippen molar-refractivity contribution in [3.05, 3.63) is 108 Å². The van der Waals surface area contributed by atoms with Crippen molar-refractivity contribution >= 4 is 54.9 Å². The molecule has 0 amide bonds. The molecule has 40 heavy (non-hydrogen) atoms. The quantitative estimate of drug-likeness (QED) is 0.232. The minimum atomic E-state index is -0.714. The van der Waals surface area contributed by atoms with Gasteiger partial charge in [0, 0.05) is 28.5 Å². The zero-order valence-electron chi connectivity index (χ0n) is 23.9. The zero-order valence-corrected chi connectivity index (χ0v) is 22.9.